The molecule has 2 heterocycles. The third-order valence-electron chi connectivity index (χ3n) is 2.17. The largest absolute Gasteiger partial charge is 1.00 e. The molecule has 0 fully saturated rings. The van der Waals surface area contributed by atoms with Crippen molar-refractivity contribution in [3.63, 3.8) is 0 Å². The summed E-state index contributed by atoms with van der Waals surface area (Å²) in [6, 6.07) is 5.86. The monoisotopic (exact) mass is 250 g/mol. The molecule has 0 atom stereocenters. The van der Waals surface area contributed by atoms with Crippen LogP contribution >= 0.6 is 0 Å². The average Bonchev–Trinajstić information content (AvgIpc) is 2.39. The minimum atomic E-state index is -1.43. The summed E-state index contributed by atoms with van der Waals surface area (Å²) in [7, 11) is 0. The van der Waals surface area contributed by atoms with Gasteiger partial charge in [0.1, 0.15) is 5.69 Å². The molecular weight excluding hydrogens is 243 g/mol. The Morgan fingerprint density at radius 1 is 1.11 bits per heavy atom. The van der Waals surface area contributed by atoms with Crippen LogP contribution in [0.25, 0.3) is 0 Å². The summed E-state index contributed by atoms with van der Waals surface area (Å²) >= 11 is 0. The normalized spacial score (nSPS) is 9.33. The molecule has 2 aromatic heterocycles. The number of ketones is 1. The van der Waals surface area contributed by atoms with Gasteiger partial charge in [0.15, 0.2) is 0 Å². The van der Waals surface area contributed by atoms with E-state index in [0.29, 0.717) is 0 Å². The second-order valence-corrected chi connectivity index (χ2v) is 3.26. The van der Waals surface area contributed by atoms with E-state index in [0.717, 1.165) is 0 Å². The molecule has 0 aliphatic heterocycles. The number of aromatic carboxylic acids is 1. The van der Waals surface area contributed by atoms with Gasteiger partial charge in [-0.25, -0.2) is 0 Å². The van der Waals surface area contributed by atoms with Gasteiger partial charge in [0.2, 0.25) is 5.78 Å². The molecule has 5 nitrogen and oxygen atoms in total. The summed E-state index contributed by atoms with van der Waals surface area (Å²) in [4.78, 5) is 30.4. The molecule has 18 heavy (non-hydrogen) atoms. The van der Waals surface area contributed by atoms with Gasteiger partial charge in [-0.2, -0.15) is 0 Å². The van der Waals surface area contributed by atoms with Crippen LogP contribution in [-0.4, -0.2) is 21.7 Å². The number of carbonyl (C=O) groups excluding carboxylic acids is 2. The van der Waals surface area contributed by atoms with Crippen LogP contribution in [0.4, 0.5) is 0 Å². The average molecular weight is 250 g/mol. The molecule has 2 aromatic rings. The quantitative estimate of drug-likeness (QED) is 0.430. The Hall–Kier alpha value is -1.56. The first-order chi connectivity index (χ1) is 8.20. The summed E-state index contributed by atoms with van der Waals surface area (Å²) in [6.07, 6.45) is 4.24. The Labute approximate surface area is 125 Å². The van der Waals surface area contributed by atoms with E-state index < -0.39 is 11.8 Å². The molecule has 0 aromatic carbocycles. The van der Waals surface area contributed by atoms with Gasteiger partial charge in [-0.3, -0.25) is 14.8 Å². The van der Waals surface area contributed by atoms with Crippen molar-refractivity contribution < 1.29 is 44.3 Å². The zero-order valence-corrected chi connectivity index (χ0v) is 11.7. The Morgan fingerprint density at radius 3 is 2.44 bits per heavy atom. The van der Waals surface area contributed by atoms with Crippen LogP contribution in [0, 0.1) is 0 Å². The number of hydrogen-bond acceptors (Lipinski definition) is 5. The van der Waals surface area contributed by atoms with Crippen LogP contribution in [0.15, 0.2) is 42.9 Å². The Morgan fingerprint density at radius 2 is 1.83 bits per heavy atom. The van der Waals surface area contributed by atoms with Crippen molar-refractivity contribution >= 4 is 11.8 Å². The summed E-state index contributed by atoms with van der Waals surface area (Å²) in [5.41, 5.74) is -0.0736. The van der Waals surface area contributed by atoms with E-state index in [1.807, 2.05) is 0 Å². The van der Waals surface area contributed by atoms with Crippen molar-refractivity contribution in [2.24, 2.45) is 0 Å². The molecule has 0 bridgehead atoms. The van der Waals surface area contributed by atoms with Crippen molar-refractivity contribution in [2.45, 2.75) is 0 Å². The smallest absolute Gasteiger partial charge is 0.545 e. The molecule has 0 aliphatic rings. The van der Waals surface area contributed by atoms with Crippen molar-refractivity contribution in [3.8, 4) is 0 Å². The Bertz CT molecular complexity index is 573. The number of aromatic nitrogens is 2. The van der Waals surface area contributed by atoms with Crippen LogP contribution in [0.3, 0.4) is 0 Å². The topological polar surface area (TPSA) is 83.0 Å². The SMILES string of the molecule is O=C([O-])c1cccnc1C(=O)c1cccnc1.[Na+]. The summed E-state index contributed by atoms with van der Waals surface area (Å²) in [5, 5.41) is 10.8. The number of carboxylic acid groups (broad SMARTS) is 1. The zero-order chi connectivity index (χ0) is 12.3. The molecule has 0 saturated heterocycles. The van der Waals surface area contributed by atoms with Crippen molar-refractivity contribution in [2.75, 3.05) is 0 Å². The number of carbonyl (C=O) groups is 2. The van der Waals surface area contributed by atoms with Crippen LogP contribution in [0.1, 0.15) is 26.4 Å². The molecule has 84 valence electrons. The Balaban J connectivity index is 0.00000162. The van der Waals surface area contributed by atoms with Crippen molar-refractivity contribution in [1.82, 2.24) is 9.97 Å². The minimum Gasteiger partial charge on any atom is -0.545 e. The maximum absolute atomic E-state index is 12.0. The summed E-state index contributed by atoms with van der Waals surface area (Å²) in [5.74, 6) is -1.91. The van der Waals surface area contributed by atoms with Crippen LogP contribution in [-0.2, 0) is 0 Å². The first-order valence-corrected chi connectivity index (χ1v) is 4.81. The Kier molecular flexibility index (Phi) is 5.15. The van der Waals surface area contributed by atoms with Crippen molar-refractivity contribution in [1.29, 1.82) is 0 Å². The molecule has 2 rings (SSSR count). The standard InChI is InChI=1S/C12H8N2O3.Na/c15-11(8-3-1-5-13-7-8)10-9(12(16)17)4-2-6-14-10;/h1-7H,(H,16,17);/q;+1/p-1. The predicted octanol–water partition coefficient (Wildman–Crippen LogP) is -2.92. The summed E-state index contributed by atoms with van der Waals surface area (Å²) < 4.78 is 0. The van der Waals surface area contributed by atoms with E-state index in [9.17, 15) is 14.7 Å². The number of carboxylic acids is 1. The van der Waals surface area contributed by atoms with Gasteiger partial charge in [-0.05, 0) is 24.3 Å². The van der Waals surface area contributed by atoms with Gasteiger partial charge < -0.3 is 9.90 Å². The van der Waals surface area contributed by atoms with Crippen molar-refractivity contribution in [3.05, 3.63) is 59.7 Å². The second-order valence-electron chi connectivity index (χ2n) is 3.26. The third kappa shape index (κ3) is 3.01. The predicted molar refractivity (Wildman–Crippen MR) is 56.2 cm³/mol. The molecule has 6 heteroatoms. The maximum Gasteiger partial charge on any atom is 1.00 e. The first kappa shape index (κ1) is 14.5. The van der Waals surface area contributed by atoms with Gasteiger partial charge in [-0.1, -0.05) is 0 Å². The fourth-order valence-electron chi connectivity index (χ4n) is 1.38. The first-order valence-electron chi connectivity index (χ1n) is 4.81. The molecular formula is C12H7N2NaO3. The van der Waals surface area contributed by atoms with E-state index in [1.165, 1.54) is 30.7 Å². The van der Waals surface area contributed by atoms with Crippen LogP contribution in [0.5, 0.6) is 0 Å². The van der Waals surface area contributed by atoms with E-state index in [2.05, 4.69) is 9.97 Å². The van der Waals surface area contributed by atoms with E-state index >= 15 is 0 Å². The molecule has 0 amide bonds. The second kappa shape index (κ2) is 6.39. The summed E-state index contributed by atoms with van der Waals surface area (Å²) in [6.45, 7) is 0. The molecule has 0 spiro atoms. The minimum absolute atomic E-state index is 0. The molecule has 0 saturated carbocycles. The number of hydrogen-bond donors (Lipinski definition) is 0. The zero-order valence-electron chi connectivity index (χ0n) is 9.66. The maximum atomic E-state index is 12.0. The van der Waals surface area contributed by atoms with E-state index in [-0.39, 0.29) is 46.4 Å². The third-order valence-corrected chi connectivity index (χ3v) is 2.17. The van der Waals surface area contributed by atoms with Gasteiger partial charge in [-0.15, -0.1) is 0 Å². The van der Waals surface area contributed by atoms with Gasteiger partial charge in [0, 0.05) is 29.7 Å². The van der Waals surface area contributed by atoms with Gasteiger partial charge in [0.05, 0.1) is 5.97 Å². The number of pyridine rings is 2. The van der Waals surface area contributed by atoms with Crippen LogP contribution < -0.4 is 34.7 Å². The van der Waals surface area contributed by atoms with E-state index in [1.54, 1.807) is 12.1 Å². The van der Waals surface area contributed by atoms with Gasteiger partial charge in [0.25, 0.3) is 0 Å². The fraction of sp³-hybridized carbons (Fsp3) is 0. The molecule has 0 aliphatic carbocycles. The molecule has 0 radical (unpaired) electrons. The fourth-order valence-corrected chi connectivity index (χ4v) is 1.38. The molecule has 0 N–H and O–H groups in total. The number of nitrogens with zero attached hydrogens (tertiary/aromatic N) is 2. The molecule has 0 unspecified atom stereocenters. The van der Waals surface area contributed by atoms with Gasteiger partial charge >= 0.3 is 29.6 Å². The van der Waals surface area contributed by atoms with Crippen LogP contribution in [0.2, 0.25) is 0 Å². The number of rotatable bonds is 3. The van der Waals surface area contributed by atoms with E-state index in [4.69, 9.17) is 0 Å².